The number of benzene rings is 1. The van der Waals surface area contributed by atoms with Gasteiger partial charge in [0.1, 0.15) is 10.4 Å². The average molecular weight is 349 g/mol. The van der Waals surface area contributed by atoms with Crippen molar-refractivity contribution in [1.29, 1.82) is 0 Å². The van der Waals surface area contributed by atoms with Crippen molar-refractivity contribution in [3.8, 4) is 0 Å². The Balaban J connectivity index is 2.26. The van der Waals surface area contributed by atoms with Gasteiger partial charge in [0.2, 0.25) is 0 Å². The van der Waals surface area contributed by atoms with Gasteiger partial charge in [0.25, 0.3) is 5.91 Å². The summed E-state index contributed by atoms with van der Waals surface area (Å²) in [6.45, 7) is 7.87. The van der Waals surface area contributed by atoms with Gasteiger partial charge < -0.3 is 5.11 Å². The van der Waals surface area contributed by atoms with Crippen LogP contribution in [0.25, 0.3) is 6.08 Å². The third-order valence-corrected chi connectivity index (χ3v) is 4.97. The second-order valence-electron chi connectivity index (χ2n) is 6.44. The van der Waals surface area contributed by atoms with Crippen LogP contribution in [0.4, 0.5) is 0 Å². The first-order chi connectivity index (χ1) is 10.6. The van der Waals surface area contributed by atoms with Crippen molar-refractivity contribution >= 4 is 46.3 Å². The number of aliphatic carboxylic acids is 1. The van der Waals surface area contributed by atoms with E-state index in [1.165, 1.54) is 12.5 Å². The highest BCUT2D eigenvalue weighted by atomic mass is 32.2. The van der Waals surface area contributed by atoms with Crippen LogP contribution in [0.2, 0.25) is 0 Å². The largest absolute Gasteiger partial charge is 0.480 e. The molecule has 1 amide bonds. The van der Waals surface area contributed by atoms with Crippen LogP contribution in [0, 0.1) is 0 Å². The second-order valence-corrected chi connectivity index (χ2v) is 8.11. The minimum absolute atomic E-state index is 0.0683. The predicted molar refractivity (Wildman–Crippen MR) is 97.3 cm³/mol. The van der Waals surface area contributed by atoms with E-state index in [-0.39, 0.29) is 15.6 Å². The van der Waals surface area contributed by atoms with Gasteiger partial charge in [-0.05, 0) is 29.5 Å². The van der Waals surface area contributed by atoms with Crippen LogP contribution >= 0.6 is 24.0 Å². The fourth-order valence-electron chi connectivity index (χ4n) is 2.15. The van der Waals surface area contributed by atoms with E-state index in [9.17, 15) is 9.59 Å². The van der Waals surface area contributed by atoms with E-state index in [2.05, 4.69) is 20.8 Å². The molecule has 0 unspecified atom stereocenters. The molecular weight excluding hydrogens is 330 g/mol. The summed E-state index contributed by atoms with van der Waals surface area (Å²) in [5.74, 6) is -1.42. The molecule has 23 heavy (non-hydrogen) atoms. The van der Waals surface area contributed by atoms with E-state index < -0.39 is 12.0 Å². The van der Waals surface area contributed by atoms with Gasteiger partial charge >= 0.3 is 5.97 Å². The van der Waals surface area contributed by atoms with Crippen molar-refractivity contribution in [3.63, 3.8) is 0 Å². The molecule has 1 aliphatic heterocycles. The standard InChI is InChI=1S/C17H19NO3S2/c1-10(15(20)21)18-14(19)13(23-16(18)22)9-11-5-7-12(8-6-11)17(2,3)4/h5-10H,1-4H3,(H,20,21)/b13-9+/t10-/m0/s1. The number of carbonyl (C=O) groups is 2. The number of carbonyl (C=O) groups excluding carboxylic acids is 1. The van der Waals surface area contributed by atoms with Crippen LogP contribution in [-0.4, -0.2) is 32.2 Å². The molecule has 1 aromatic rings. The molecule has 1 saturated heterocycles. The van der Waals surface area contributed by atoms with Crippen LogP contribution in [-0.2, 0) is 15.0 Å². The number of thioether (sulfide) groups is 1. The summed E-state index contributed by atoms with van der Waals surface area (Å²) >= 11 is 6.28. The van der Waals surface area contributed by atoms with Crippen molar-refractivity contribution in [2.24, 2.45) is 0 Å². The highest BCUT2D eigenvalue weighted by molar-refractivity contribution is 8.26. The van der Waals surface area contributed by atoms with Gasteiger partial charge in [-0.1, -0.05) is 69.0 Å². The van der Waals surface area contributed by atoms with E-state index in [4.69, 9.17) is 17.3 Å². The molecule has 0 spiro atoms. The van der Waals surface area contributed by atoms with E-state index in [0.717, 1.165) is 22.2 Å². The SMILES string of the molecule is C[C@@H](C(=O)O)N1C(=O)/C(=C\c2ccc(C(C)(C)C)cc2)SC1=S. The number of carboxylic acid groups (broad SMARTS) is 1. The third kappa shape index (κ3) is 3.82. The first kappa shape index (κ1) is 17.7. The lowest BCUT2D eigenvalue weighted by atomic mass is 9.87. The second kappa shape index (κ2) is 6.45. The van der Waals surface area contributed by atoms with Crippen molar-refractivity contribution in [2.45, 2.75) is 39.2 Å². The van der Waals surface area contributed by atoms with Gasteiger partial charge in [0, 0.05) is 0 Å². The fraction of sp³-hybridized carbons (Fsp3) is 0.353. The number of hydrogen-bond donors (Lipinski definition) is 1. The topological polar surface area (TPSA) is 57.6 Å². The molecule has 0 aromatic heterocycles. The minimum atomic E-state index is -1.07. The average Bonchev–Trinajstić information content (AvgIpc) is 2.72. The molecule has 2 rings (SSSR count). The molecule has 0 bridgehead atoms. The Morgan fingerprint density at radius 1 is 1.30 bits per heavy atom. The number of amides is 1. The first-order valence-electron chi connectivity index (χ1n) is 7.21. The lowest BCUT2D eigenvalue weighted by molar-refractivity contribution is -0.144. The summed E-state index contributed by atoms with van der Waals surface area (Å²) in [7, 11) is 0. The zero-order chi connectivity index (χ0) is 17.4. The van der Waals surface area contributed by atoms with Gasteiger partial charge in [0.05, 0.1) is 4.91 Å². The van der Waals surface area contributed by atoms with Crippen molar-refractivity contribution in [3.05, 3.63) is 40.3 Å². The number of carboxylic acids is 1. The summed E-state index contributed by atoms with van der Waals surface area (Å²) in [5.41, 5.74) is 2.17. The third-order valence-electron chi connectivity index (χ3n) is 3.64. The Bertz CT molecular complexity index is 687. The summed E-state index contributed by atoms with van der Waals surface area (Å²) in [6.07, 6.45) is 1.75. The Labute approximate surface area is 145 Å². The van der Waals surface area contributed by atoms with Crippen LogP contribution in [0.3, 0.4) is 0 Å². The fourth-order valence-corrected chi connectivity index (χ4v) is 3.57. The predicted octanol–water partition coefficient (Wildman–Crippen LogP) is 3.66. The maximum absolute atomic E-state index is 12.4. The molecule has 0 saturated carbocycles. The summed E-state index contributed by atoms with van der Waals surface area (Å²) in [5, 5.41) is 9.08. The lowest BCUT2D eigenvalue weighted by Crippen LogP contribution is -2.41. The van der Waals surface area contributed by atoms with Crippen LogP contribution < -0.4 is 0 Å². The summed E-state index contributed by atoms with van der Waals surface area (Å²) in [6, 6.07) is 7.01. The monoisotopic (exact) mass is 349 g/mol. The normalized spacial score (nSPS) is 18.6. The van der Waals surface area contributed by atoms with E-state index in [0.29, 0.717) is 4.91 Å². The maximum Gasteiger partial charge on any atom is 0.326 e. The Morgan fingerprint density at radius 2 is 1.87 bits per heavy atom. The highest BCUT2D eigenvalue weighted by Crippen LogP contribution is 2.34. The Hall–Kier alpha value is -1.66. The van der Waals surface area contributed by atoms with E-state index in [1.54, 1.807) is 6.08 Å². The molecular formula is C17H19NO3S2. The highest BCUT2D eigenvalue weighted by Gasteiger charge is 2.38. The number of nitrogens with zero attached hydrogens (tertiary/aromatic N) is 1. The Morgan fingerprint density at radius 3 is 2.35 bits per heavy atom. The molecule has 1 heterocycles. The van der Waals surface area contributed by atoms with Gasteiger partial charge in [-0.3, -0.25) is 9.69 Å². The number of rotatable bonds is 3. The van der Waals surface area contributed by atoms with Gasteiger partial charge in [-0.2, -0.15) is 0 Å². The minimum Gasteiger partial charge on any atom is -0.480 e. The molecule has 0 aliphatic carbocycles. The van der Waals surface area contributed by atoms with Crippen LogP contribution in [0.1, 0.15) is 38.8 Å². The van der Waals surface area contributed by atoms with Crippen LogP contribution in [0.15, 0.2) is 29.2 Å². The molecule has 4 nitrogen and oxygen atoms in total. The Kier molecular flexibility index (Phi) is 4.96. The quantitative estimate of drug-likeness (QED) is 0.667. The zero-order valence-corrected chi connectivity index (χ0v) is 15.1. The smallest absolute Gasteiger partial charge is 0.326 e. The number of hydrogen-bond acceptors (Lipinski definition) is 4. The van der Waals surface area contributed by atoms with Crippen molar-refractivity contribution < 1.29 is 14.7 Å². The van der Waals surface area contributed by atoms with E-state index in [1.807, 2.05) is 24.3 Å². The molecule has 1 aliphatic rings. The van der Waals surface area contributed by atoms with Crippen molar-refractivity contribution in [1.82, 2.24) is 4.90 Å². The number of thiocarbonyl (C=S) groups is 1. The lowest BCUT2D eigenvalue weighted by Gasteiger charge is -2.19. The molecule has 1 N–H and O–H groups in total. The van der Waals surface area contributed by atoms with Crippen molar-refractivity contribution in [2.75, 3.05) is 0 Å². The van der Waals surface area contributed by atoms with Gasteiger partial charge in [-0.25, -0.2) is 4.79 Å². The summed E-state index contributed by atoms with van der Waals surface area (Å²) < 4.78 is 0.280. The summed E-state index contributed by atoms with van der Waals surface area (Å²) in [4.78, 5) is 25.1. The van der Waals surface area contributed by atoms with Gasteiger partial charge in [-0.15, -0.1) is 0 Å². The van der Waals surface area contributed by atoms with E-state index >= 15 is 0 Å². The molecule has 1 fully saturated rings. The molecule has 1 atom stereocenters. The molecule has 6 heteroatoms. The zero-order valence-electron chi connectivity index (χ0n) is 13.5. The van der Waals surface area contributed by atoms with Gasteiger partial charge in [0.15, 0.2) is 0 Å². The molecule has 122 valence electrons. The molecule has 0 radical (unpaired) electrons. The van der Waals surface area contributed by atoms with Crippen LogP contribution in [0.5, 0.6) is 0 Å². The molecule has 1 aromatic carbocycles. The first-order valence-corrected chi connectivity index (χ1v) is 8.44. The maximum atomic E-state index is 12.4.